The summed E-state index contributed by atoms with van der Waals surface area (Å²) in [7, 11) is 0. The number of hydrogen-bond acceptors (Lipinski definition) is 4. The second-order valence-corrected chi connectivity index (χ2v) is 6.04. The Labute approximate surface area is 147 Å². The van der Waals surface area contributed by atoms with E-state index in [0.29, 0.717) is 26.3 Å². The van der Waals surface area contributed by atoms with E-state index in [2.05, 4.69) is 20.4 Å². The van der Waals surface area contributed by atoms with Crippen LogP contribution in [0, 0.1) is 18.6 Å². The first kappa shape index (κ1) is 15.9. The number of aryl methyl sites for hydroxylation is 2. The van der Waals surface area contributed by atoms with Gasteiger partial charge in [-0.25, -0.2) is 9.78 Å². The fourth-order valence-corrected chi connectivity index (χ4v) is 2.63. The van der Waals surface area contributed by atoms with Gasteiger partial charge in [-0.2, -0.15) is 14.9 Å². The van der Waals surface area contributed by atoms with Gasteiger partial charge >= 0.3 is 0 Å². The molecule has 1 aromatic carbocycles. The molecule has 2 aromatic heterocycles. The summed E-state index contributed by atoms with van der Waals surface area (Å²) >= 11 is 17.4. The summed E-state index contributed by atoms with van der Waals surface area (Å²) in [5.41, 5.74) is 2.49. The van der Waals surface area contributed by atoms with Crippen molar-refractivity contribution >= 4 is 41.6 Å². The predicted molar refractivity (Wildman–Crippen MR) is 93.5 cm³/mol. The highest BCUT2D eigenvalue weighted by Crippen LogP contribution is 2.24. The van der Waals surface area contributed by atoms with E-state index in [1.165, 1.54) is 4.68 Å². The highest BCUT2D eigenvalue weighted by Gasteiger charge is 2.12. The largest absolute Gasteiger partial charge is 0.271 e. The molecule has 9 heteroatoms. The number of aromatic amines is 1. The topological polar surface area (TPSA) is 63.8 Å². The van der Waals surface area contributed by atoms with Gasteiger partial charge in [0.2, 0.25) is 4.77 Å². The summed E-state index contributed by atoms with van der Waals surface area (Å²) in [6, 6.07) is 7.27. The van der Waals surface area contributed by atoms with Crippen LogP contribution >= 0.6 is 35.4 Å². The molecule has 0 saturated carbocycles. The van der Waals surface area contributed by atoms with Gasteiger partial charge in [0, 0.05) is 11.3 Å². The molecule has 118 valence electrons. The van der Waals surface area contributed by atoms with Crippen molar-refractivity contribution in [2.75, 3.05) is 0 Å². The number of hydrogen-bond donors (Lipinski definition) is 1. The lowest BCUT2D eigenvalue weighted by Crippen LogP contribution is -2.07. The number of halogens is 2. The molecule has 0 bridgehead atoms. The SMILES string of the molecule is Cc1cc(C)n(-c2n[nH]c(=S)n2/N=C\c2cccc(Cl)c2Cl)n1. The van der Waals surface area contributed by atoms with E-state index in [0.717, 1.165) is 11.4 Å². The zero-order valence-electron chi connectivity index (χ0n) is 12.3. The summed E-state index contributed by atoms with van der Waals surface area (Å²) in [5, 5.41) is 16.5. The maximum Gasteiger partial charge on any atom is 0.271 e. The molecule has 6 nitrogen and oxygen atoms in total. The Hall–Kier alpha value is -1.96. The van der Waals surface area contributed by atoms with Crippen LogP contribution in [0.25, 0.3) is 5.95 Å². The fourth-order valence-electron chi connectivity index (χ4n) is 2.10. The molecule has 1 N–H and O–H groups in total. The van der Waals surface area contributed by atoms with Gasteiger partial charge in [0.1, 0.15) is 0 Å². The molecule has 3 aromatic rings. The number of nitrogens with one attached hydrogen (secondary N) is 1. The lowest BCUT2D eigenvalue weighted by molar-refractivity contribution is 0.714. The van der Waals surface area contributed by atoms with Crippen molar-refractivity contribution in [1.29, 1.82) is 0 Å². The van der Waals surface area contributed by atoms with Gasteiger partial charge in [-0.05, 0) is 38.2 Å². The highest BCUT2D eigenvalue weighted by atomic mass is 35.5. The van der Waals surface area contributed by atoms with Crippen molar-refractivity contribution in [2.45, 2.75) is 13.8 Å². The first-order valence-electron chi connectivity index (χ1n) is 6.67. The van der Waals surface area contributed by atoms with Crippen molar-refractivity contribution in [3.8, 4) is 5.95 Å². The van der Waals surface area contributed by atoms with Gasteiger partial charge < -0.3 is 0 Å². The van der Waals surface area contributed by atoms with Crippen LogP contribution < -0.4 is 0 Å². The Bertz CT molecular complexity index is 953. The molecule has 0 atom stereocenters. The summed E-state index contributed by atoms with van der Waals surface area (Å²) in [6.45, 7) is 3.84. The van der Waals surface area contributed by atoms with Crippen LogP contribution in [0.2, 0.25) is 10.0 Å². The minimum absolute atomic E-state index is 0.349. The summed E-state index contributed by atoms with van der Waals surface area (Å²) in [4.78, 5) is 0. The molecule has 0 aliphatic carbocycles. The normalized spacial score (nSPS) is 11.5. The van der Waals surface area contributed by atoms with Crippen LogP contribution in [0.3, 0.4) is 0 Å². The Morgan fingerprint density at radius 3 is 2.78 bits per heavy atom. The van der Waals surface area contributed by atoms with Crippen LogP contribution in [-0.2, 0) is 0 Å². The first-order valence-corrected chi connectivity index (χ1v) is 7.83. The Balaban J connectivity index is 2.06. The predicted octanol–water partition coefficient (Wildman–Crippen LogP) is 3.93. The van der Waals surface area contributed by atoms with Crippen LogP contribution in [0.5, 0.6) is 0 Å². The van der Waals surface area contributed by atoms with E-state index in [4.69, 9.17) is 35.4 Å². The molecule has 0 amide bonds. The Morgan fingerprint density at radius 1 is 1.30 bits per heavy atom. The van der Waals surface area contributed by atoms with E-state index in [1.807, 2.05) is 26.0 Å². The van der Waals surface area contributed by atoms with Crippen LogP contribution in [0.4, 0.5) is 0 Å². The lowest BCUT2D eigenvalue weighted by Gasteiger charge is -2.03. The Kier molecular flexibility index (Phi) is 4.34. The van der Waals surface area contributed by atoms with Crippen LogP contribution in [0.15, 0.2) is 29.4 Å². The average Bonchev–Trinajstić information content (AvgIpc) is 3.03. The van der Waals surface area contributed by atoms with E-state index in [1.54, 1.807) is 23.0 Å². The molecular weight excluding hydrogens is 355 g/mol. The van der Waals surface area contributed by atoms with Gasteiger partial charge in [0.25, 0.3) is 5.95 Å². The van der Waals surface area contributed by atoms with Crippen molar-refractivity contribution in [2.24, 2.45) is 5.10 Å². The second-order valence-electron chi connectivity index (χ2n) is 4.87. The number of H-pyrrole nitrogens is 1. The quantitative estimate of drug-likeness (QED) is 0.564. The standard InChI is InChI=1S/C14H12Cl2N6S/c1-8-6-9(2)21(20-8)13-18-19-14(23)22(13)17-7-10-4-3-5-11(15)12(10)16/h3-7H,1-2H3,(H,19,23)/b17-7-. The molecule has 0 unspecified atom stereocenters. The van der Waals surface area contributed by atoms with E-state index >= 15 is 0 Å². The third-order valence-corrected chi connectivity index (χ3v) is 4.22. The minimum atomic E-state index is 0.349. The lowest BCUT2D eigenvalue weighted by atomic mass is 10.2. The van der Waals surface area contributed by atoms with E-state index in [-0.39, 0.29) is 0 Å². The number of aromatic nitrogens is 5. The summed E-state index contributed by atoms with van der Waals surface area (Å²) < 4.78 is 3.49. The zero-order chi connectivity index (χ0) is 16.6. The maximum atomic E-state index is 6.16. The molecule has 0 fully saturated rings. The summed E-state index contributed by atoms with van der Waals surface area (Å²) in [6.07, 6.45) is 1.58. The van der Waals surface area contributed by atoms with Gasteiger partial charge in [-0.3, -0.25) is 0 Å². The number of rotatable bonds is 3. The Morgan fingerprint density at radius 2 is 2.09 bits per heavy atom. The first-order chi connectivity index (χ1) is 11.0. The van der Waals surface area contributed by atoms with Crippen LogP contribution in [-0.4, -0.2) is 30.9 Å². The molecule has 0 aliphatic heterocycles. The van der Waals surface area contributed by atoms with Crippen molar-refractivity contribution in [3.63, 3.8) is 0 Å². The monoisotopic (exact) mass is 366 g/mol. The van der Waals surface area contributed by atoms with Gasteiger partial charge in [-0.1, -0.05) is 35.3 Å². The van der Waals surface area contributed by atoms with E-state index < -0.39 is 0 Å². The van der Waals surface area contributed by atoms with Crippen molar-refractivity contribution in [1.82, 2.24) is 24.7 Å². The average molecular weight is 367 g/mol. The molecular formula is C14H12Cl2N6S. The minimum Gasteiger partial charge on any atom is -0.248 e. The maximum absolute atomic E-state index is 6.16. The third-order valence-electron chi connectivity index (χ3n) is 3.13. The van der Waals surface area contributed by atoms with Crippen LogP contribution in [0.1, 0.15) is 17.0 Å². The molecule has 0 radical (unpaired) electrons. The summed E-state index contributed by atoms with van der Waals surface area (Å²) in [5.74, 6) is 0.468. The molecule has 23 heavy (non-hydrogen) atoms. The van der Waals surface area contributed by atoms with Gasteiger partial charge in [0.15, 0.2) is 0 Å². The van der Waals surface area contributed by atoms with Crippen molar-refractivity contribution in [3.05, 3.63) is 56.0 Å². The van der Waals surface area contributed by atoms with E-state index in [9.17, 15) is 0 Å². The highest BCUT2D eigenvalue weighted by molar-refractivity contribution is 7.71. The fraction of sp³-hybridized carbons (Fsp3) is 0.143. The zero-order valence-corrected chi connectivity index (χ0v) is 14.6. The molecule has 2 heterocycles. The number of benzene rings is 1. The smallest absolute Gasteiger partial charge is 0.248 e. The molecule has 0 saturated heterocycles. The van der Waals surface area contributed by atoms with Crippen molar-refractivity contribution < 1.29 is 0 Å². The number of nitrogens with zero attached hydrogens (tertiary/aromatic N) is 5. The second kappa shape index (κ2) is 6.27. The van der Waals surface area contributed by atoms with Gasteiger partial charge in [-0.15, -0.1) is 5.10 Å². The molecule has 0 aliphatic rings. The van der Waals surface area contributed by atoms with Gasteiger partial charge in [0.05, 0.1) is 22.0 Å². The molecule has 3 rings (SSSR count). The molecule has 0 spiro atoms. The third kappa shape index (κ3) is 3.08.